The summed E-state index contributed by atoms with van der Waals surface area (Å²) in [6.45, 7) is 8.78. The first-order valence-electron chi connectivity index (χ1n) is 13.6. The molecule has 1 aromatic heterocycles. The predicted octanol–water partition coefficient (Wildman–Crippen LogP) is 7.64. The highest BCUT2D eigenvalue weighted by atomic mass is 28.3. The number of aryl methyl sites for hydroxylation is 1. The summed E-state index contributed by atoms with van der Waals surface area (Å²) < 4.78 is 6.53. The van der Waals surface area contributed by atoms with Gasteiger partial charge in [-0.2, -0.15) is 0 Å². The van der Waals surface area contributed by atoms with Crippen LogP contribution in [0.3, 0.4) is 0 Å². The Hall–Kier alpha value is -2.84. The first-order chi connectivity index (χ1) is 17.3. The first kappa shape index (κ1) is 27.7. The minimum absolute atomic E-state index is 0.367. The number of rotatable bonds is 12. The van der Waals surface area contributed by atoms with Gasteiger partial charge in [-0.05, 0) is 48.7 Å². The number of unbranched alkanes of at least 4 members (excludes halogenated alkanes) is 9. The maximum absolute atomic E-state index is 12.6. The Morgan fingerprint density at radius 1 is 0.806 bits per heavy atom. The summed E-state index contributed by atoms with van der Waals surface area (Å²) >= 11 is 0. The van der Waals surface area contributed by atoms with E-state index in [1.54, 1.807) is 12.1 Å². The van der Waals surface area contributed by atoms with E-state index in [1.165, 1.54) is 74.3 Å². The number of benzene rings is 2. The molecule has 4 nitrogen and oxygen atoms in total. The molecule has 1 heterocycles. The monoisotopic (exact) mass is 503 g/mol. The third-order valence-corrected chi connectivity index (χ3v) is 7.29. The summed E-state index contributed by atoms with van der Waals surface area (Å²) in [5.41, 5.74) is 5.94. The molecule has 0 unspecified atom stereocenters. The number of nitrogens with zero attached hydrogens (tertiary/aromatic N) is 1. The molecule has 0 saturated carbocycles. The van der Waals surface area contributed by atoms with Gasteiger partial charge in [-0.15, -0.1) is 5.54 Å². The predicted molar refractivity (Wildman–Crippen MR) is 154 cm³/mol. The van der Waals surface area contributed by atoms with Crippen LogP contribution in [-0.4, -0.2) is 12.6 Å². The van der Waals surface area contributed by atoms with Crippen LogP contribution in [0.4, 0.5) is 0 Å². The molecule has 0 aliphatic heterocycles. The van der Waals surface area contributed by atoms with Crippen LogP contribution >= 0.6 is 0 Å². The van der Waals surface area contributed by atoms with Crippen LogP contribution in [0.1, 0.15) is 82.3 Å². The van der Waals surface area contributed by atoms with E-state index in [9.17, 15) is 9.59 Å². The number of aromatic nitrogens is 1. The van der Waals surface area contributed by atoms with Gasteiger partial charge in [0, 0.05) is 5.56 Å². The van der Waals surface area contributed by atoms with Gasteiger partial charge >= 0.3 is 11.4 Å². The molecule has 192 valence electrons. The standard InChI is InChI=1S/C31H41NO3Si/c1-5-6-7-8-9-10-11-12-13-14-15-25-16-19-27(20-17-25)32-29-21-18-26(22-23-36(2,3)4)24-28(29)30(33)35-31(32)34/h16-21,24H,5-15H2,1-4H3. The van der Waals surface area contributed by atoms with Crippen molar-refractivity contribution in [3.8, 4) is 17.2 Å². The van der Waals surface area contributed by atoms with Crippen molar-refractivity contribution < 1.29 is 4.42 Å². The van der Waals surface area contributed by atoms with E-state index in [4.69, 9.17) is 4.42 Å². The van der Waals surface area contributed by atoms with Crippen molar-refractivity contribution in [1.29, 1.82) is 0 Å². The van der Waals surface area contributed by atoms with Crippen molar-refractivity contribution >= 4 is 19.0 Å². The summed E-state index contributed by atoms with van der Waals surface area (Å²) in [7, 11) is -1.54. The maximum atomic E-state index is 12.6. The molecule has 2 aromatic carbocycles. The first-order valence-corrected chi connectivity index (χ1v) is 17.1. The van der Waals surface area contributed by atoms with Crippen molar-refractivity contribution in [2.45, 2.75) is 97.2 Å². The third kappa shape index (κ3) is 8.38. The molecule has 3 rings (SSSR count). The fourth-order valence-electron chi connectivity index (χ4n) is 4.38. The molecule has 0 fully saturated rings. The average Bonchev–Trinajstić information content (AvgIpc) is 2.84. The molecule has 0 aliphatic rings. The molecule has 36 heavy (non-hydrogen) atoms. The van der Waals surface area contributed by atoms with Gasteiger partial charge in [0.1, 0.15) is 8.07 Å². The SMILES string of the molecule is CCCCCCCCCCCCc1ccc(-n2c(=O)oc(=O)c3cc(C#C[Si](C)(C)C)ccc32)cc1. The smallest absolute Gasteiger partial charge is 0.372 e. The van der Waals surface area contributed by atoms with Gasteiger partial charge in [0.05, 0.1) is 16.6 Å². The highest BCUT2D eigenvalue weighted by Crippen LogP contribution is 2.18. The van der Waals surface area contributed by atoms with Crippen LogP contribution in [0.5, 0.6) is 0 Å². The van der Waals surface area contributed by atoms with E-state index >= 15 is 0 Å². The van der Waals surface area contributed by atoms with E-state index in [0.717, 1.165) is 12.0 Å². The Labute approximate surface area is 216 Å². The van der Waals surface area contributed by atoms with E-state index in [2.05, 4.69) is 50.2 Å². The minimum Gasteiger partial charge on any atom is -0.372 e. The lowest BCUT2D eigenvalue weighted by Gasteiger charge is -2.10. The molecule has 0 amide bonds. The summed E-state index contributed by atoms with van der Waals surface area (Å²) in [6, 6.07) is 13.4. The third-order valence-electron chi connectivity index (χ3n) is 6.42. The Balaban J connectivity index is 1.63. The summed E-state index contributed by atoms with van der Waals surface area (Å²) in [6.07, 6.45) is 14.3. The highest BCUT2D eigenvalue weighted by molar-refractivity contribution is 6.83. The molecule has 0 saturated heterocycles. The zero-order valence-corrected chi connectivity index (χ0v) is 23.5. The van der Waals surface area contributed by atoms with Gasteiger partial charge in [0.2, 0.25) is 0 Å². The molecule has 0 radical (unpaired) electrons. The van der Waals surface area contributed by atoms with Crippen LogP contribution in [0, 0.1) is 11.5 Å². The van der Waals surface area contributed by atoms with Gasteiger partial charge < -0.3 is 4.42 Å². The van der Waals surface area contributed by atoms with Crippen LogP contribution in [-0.2, 0) is 6.42 Å². The topological polar surface area (TPSA) is 52.2 Å². The summed E-state index contributed by atoms with van der Waals surface area (Å²) in [5.74, 6) is 2.50. The van der Waals surface area contributed by atoms with E-state index in [1.807, 2.05) is 18.2 Å². The number of hydrogen-bond acceptors (Lipinski definition) is 3. The Bertz CT molecular complexity index is 1300. The van der Waals surface area contributed by atoms with Gasteiger partial charge in [0.15, 0.2) is 0 Å². The molecular weight excluding hydrogens is 462 g/mol. The van der Waals surface area contributed by atoms with Crippen LogP contribution in [0.2, 0.25) is 19.6 Å². The lowest BCUT2D eigenvalue weighted by molar-refractivity contribution is 0.444. The van der Waals surface area contributed by atoms with Crippen molar-refractivity contribution in [2.24, 2.45) is 0 Å². The zero-order chi connectivity index (χ0) is 26.0. The van der Waals surface area contributed by atoms with E-state index in [-0.39, 0.29) is 0 Å². The molecule has 0 atom stereocenters. The van der Waals surface area contributed by atoms with Crippen LogP contribution in [0.15, 0.2) is 56.5 Å². The lowest BCUT2D eigenvalue weighted by Crippen LogP contribution is -2.23. The molecule has 0 bridgehead atoms. The molecule has 0 spiro atoms. The van der Waals surface area contributed by atoms with Gasteiger partial charge in [-0.25, -0.2) is 14.2 Å². The lowest BCUT2D eigenvalue weighted by atomic mass is 10.0. The normalized spacial score (nSPS) is 11.4. The molecule has 0 N–H and O–H groups in total. The van der Waals surface area contributed by atoms with Crippen molar-refractivity contribution in [2.75, 3.05) is 0 Å². The Morgan fingerprint density at radius 2 is 1.42 bits per heavy atom. The van der Waals surface area contributed by atoms with Crippen molar-refractivity contribution in [3.63, 3.8) is 0 Å². The Kier molecular flexibility index (Phi) is 10.4. The van der Waals surface area contributed by atoms with E-state index in [0.29, 0.717) is 16.6 Å². The van der Waals surface area contributed by atoms with Crippen LogP contribution < -0.4 is 11.4 Å². The van der Waals surface area contributed by atoms with Gasteiger partial charge in [-0.3, -0.25) is 0 Å². The second-order valence-electron chi connectivity index (χ2n) is 10.8. The maximum Gasteiger partial charge on any atom is 0.426 e. The van der Waals surface area contributed by atoms with Gasteiger partial charge in [-0.1, -0.05) is 102 Å². The molecule has 3 aromatic rings. The second kappa shape index (κ2) is 13.5. The fourth-order valence-corrected chi connectivity index (χ4v) is 4.90. The van der Waals surface area contributed by atoms with Gasteiger partial charge in [0.25, 0.3) is 0 Å². The highest BCUT2D eigenvalue weighted by Gasteiger charge is 2.12. The summed E-state index contributed by atoms with van der Waals surface area (Å²) in [5, 5.41) is 0.367. The molecular formula is C31H41NO3Si. The second-order valence-corrected chi connectivity index (χ2v) is 15.6. The number of fused-ring (bicyclic) bond motifs is 1. The van der Waals surface area contributed by atoms with Crippen LogP contribution in [0.25, 0.3) is 16.6 Å². The minimum atomic E-state index is -1.54. The fraction of sp³-hybridized carbons (Fsp3) is 0.484. The molecule has 0 aliphatic carbocycles. The zero-order valence-electron chi connectivity index (χ0n) is 22.5. The number of hydrogen-bond donors (Lipinski definition) is 0. The Morgan fingerprint density at radius 3 is 2.03 bits per heavy atom. The molecule has 5 heteroatoms. The van der Waals surface area contributed by atoms with E-state index < -0.39 is 19.5 Å². The quantitative estimate of drug-likeness (QED) is 0.145. The van der Waals surface area contributed by atoms with Crippen molar-refractivity contribution in [3.05, 3.63) is 74.6 Å². The summed E-state index contributed by atoms with van der Waals surface area (Å²) in [4.78, 5) is 25.1. The average molecular weight is 504 g/mol. The van der Waals surface area contributed by atoms with Crippen molar-refractivity contribution in [1.82, 2.24) is 4.57 Å². The largest absolute Gasteiger partial charge is 0.426 e.